The number of para-hydroxylation sites is 1. The first-order chi connectivity index (χ1) is 10.8. The first kappa shape index (κ1) is 17.0. The van der Waals surface area contributed by atoms with E-state index >= 15 is 0 Å². The van der Waals surface area contributed by atoms with Crippen LogP contribution in [0.3, 0.4) is 0 Å². The Balaban J connectivity index is 2.53. The Labute approximate surface area is 136 Å². The molecule has 0 aromatic heterocycles. The molecule has 0 heterocycles. The van der Waals surface area contributed by atoms with Crippen LogP contribution in [0.5, 0.6) is 0 Å². The highest BCUT2D eigenvalue weighted by molar-refractivity contribution is 7.92. The van der Waals surface area contributed by atoms with Gasteiger partial charge in [-0.3, -0.25) is 4.31 Å². The number of rotatable bonds is 4. The van der Waals surface area contributed by atoms with Gasteiger partial charge in [0.2, 0.25) is 0 Å². The lowest BCUT2D eigenvalue weighted by Crippen LogP contribution is -2.28. The molecular formula is C17H19NO4S. The van der Waals surface area contributed by atoms with E-state index in [1.54, 1.807) is 36.4 Å². The molecule has 0 aliphatic heterocycles. The molecule has 0 N–H and O–H groups in total. The SMILES string of the molecule is COC(=O)c1ccccc1N(C)S(=O)(=O)c1ccc(C)c(C)c1. The number of ether oxygens (including phenoxy) is 1. The summed E-state index contributed by atoms with van der Waals surface area (Å²) >= 11 is 0. The highest BCUT2D eigenvalue weighted by atomic mass is 32.2. The monoisotopic (exact) mass is 333 g/mol. The van der Waals surface area contributed by atoms with Crippen LogP contribution in [0, 0.1) is 13.8 Å². The smallest absolute Gasteiger partial charge is 0.340 e. The van der Waals surface area contributed by atoms with Gasteiger partial charge in [-0.1, -0.05) is 18.2 Å². The summed E-state index contributed by atoms with van der Waals surface area (Å²) in [6, 6.07) is 11.4. The van der Waals surface area contributed by atoms with Gasteiger partial charge >= 0.3 is 5.97 Å². The molecule has 23 heavy (non-hydrogen) atoms. The minimum Gasteiger partial charge on any atom is -0.465 e. The molecule has 6 heteroatoms. The Hall–Kier alpha value is -2.34. The van der Waals surface area contributed by atoms with E-state index in [0.29, 0.717) is 0 Å². The normalized spacial score (nSPS) is 11.1. The second kappa shape index (κ2) is 6.42. The average Bonchev–Trinajstić information content (AvgIpc) is 2.55. The summed E-state index contributed by atoms with van der Waals surface area (Å²) in [7, 11) is -1.09. The number of hydrogen-bond donors (Lipinski definition) is 0. The zero-order valence-electron chi connectivity index (χ0n) is 13.5. The van der Waals surface area contributed by atoms with Crippen molar-refractivity contribution in [1.82, 2.24) is 0 Å². The maximum absolute atomic E-state index is 12.8. The first-order valence-corrected chi connectivity index (χ1v) is 8.46. The molecule has 0 saturated heterocycles. The minimum atomic E-state index is -3.77. The van der Waals surface area contributed by atoms with Gasteiger partial charge in [-0.05, 0) is 49.2 Å². The van der Waals surface area contributed by atoms with E-state index in [9.17, 15) is 13.2 Å². The molecule has 122 valence electrons. The molecule has 0 unspecified atom stereocenters. The Bertz CT molecular complexity index is 843. The van der Waals surface area contributed by atoms with Crippen LogP contribution in [0.2, 0.25) is 0 Å². The van der Waals surface area contributed by atoms with Gasteiger partial charge in [-0.2, -0.15) is 0 Å². The van der Waals surface area contributed by atoms with Gasteiger partial charge in [0.15, 0.2) is 0 Å². The van der Waals surface area contributed by atoms with Crippen LogP contribution in [-0.2, 0) is 14.8 Å². The predicted molar refractivity (Wildman–Crippen MR) is 89.3 cm³/mol. The summed E-state index contributed by atoms with van der Waals surface area (Å²) in [4.78, 5) is 12.0. The van der Waals surface area contributed by atoms with Gasteiger partial charge in [0.25, 0.3) is 10.0 Å². The van der Waals surface area contributed by atoms with E-state index in [1.807, 2.05) is 13.8 Å². The van der Waals surface area contributed by atoms with E-state index < -0.39 is 16.0 Å². The number of methoxy groups -OCH3 is 1. The van der Waals surface area contributed by atoms with Crippen molar-refractivity contribution in [3.63, 3.8) is 0 Å². The summed E-state index contributed by atoms with van der Waals surface area (Å²) in [5.41, 5.74) is 2.38. The molecule has 0 spiro atoms. The van der Waals surface area contributed by atoms with E-state index in [0.717, 1.165) is 15.4 Å². The number of anilines is 1. The number of benzene rings is 2. The molecule has 0 aliphatic carbocycles. The largest absolute Gasteiger partial charge is 0.465 e. The molecule has 2 aromatic rings. The number of sulfonamides is 1. The molecule has 0 bridgehead atoms. The van der Waals surface area contributed by atoms with Crippen molar-refractivity contribution in [2.75, 3.05) is 18.5 Å². The molecule has 0 amide bonds. The van der Waals surface area contributed by atoms with Crippen molar-refractivity contribution < 1.29 is 17.9 Å². The molecule has 5 nitrogen and oxygen atoms in total. The van der Waals surface area contributed by atoms with Crippen molar-refractivity contribution in [2.45, 2.75) is 18.7 Å². The highest BCUT2D eigenvalue weighted by Gasteiger charge is 2.25. The maximum Gasteiger partial charge on any atom is 0.340 e. The van der Waals surface area contributed by atoms with Crippen molar-refractivity contribution >= 4 is 21.7 Å². The van der Waals surface area contributed by atoms with Gasteiger partial charge in [0.1, 0.15) is 0 Å². The molecule has 0 atom stereocenters. The van der Waals surface area contributed by atoms with E-state index in [2.05, 4.69) is 0 Å². The zero-order valence-corrected chi connectivity index (χ0v) is 14.3. The third-order valence-corrected chi connectivity index (χ3v) is 5.55. The highest BCUT2D eigenvalue weighted by Crippen LogP contribution is 2.27. The maximum atomic E-state index is 12.8. The summed E-state index contributed by atoms with van der Waals surface area (Å²) in [6.45, 7) is 3.78. The van der Waals surface area contributed by atoms with Crippen LogP contribution in [0.1, 0.15) is 21.5 Å². The lowest BCUT2D eigenvalue weighted by Gasteiger charge is -2.22. The lowest BCUT2D eigenvalue weighted by molar-refractivity contribution is 0.0601. The lowest BCUT2D eigenvalue weighted by atomic mass is 10.1. The Morgan fingerprint density at radius 3 is 2.30 bits per heavy atom. The molecular weight excluding hydrogens is 314 g/mol. The molecule has 2 rings (SSSR count). The van der Waals surface area contributed by atoms with Crippen molar-refractivity contribution in [2.24, 2.45) is 0 Å². The second-order valence-corrected chi connectivity index (χ2v) is 7.20. The number of carbonyl (C=O) groups excluding carboxylic acids is 1. The van der Waals surface area contributed by atoms with Gasteiger partial charge in [0.05, 0.1) is 23.3 Å². The zero-order chi connectivity index (χ0) is 17.2. The van der Waals surface area contributed by atoms with Crippen molar-refractivity contribution in [3.05, 3.63) is 59.2 Å². The Morgan fingerprint density at radius 2 is 1.70 bits per heavy atom. The fourth-order valence-corrected chi connectivity index (χ4v) is 3.49. The van der Waals surface area contributed by atoms with Gasteiger partial charge in [-0.25, -0.2) is 13.2 Å². The number of aryl methyl sites for hydroxylation is 2. The Kier molecular flexibility index (Phi) is 4.75. The number of esters is 1. The minimum absolute atomic E-state index is 0.183. The van der Waals surface area contributed by atoms with Crippen molar-refractivity contribution in [3.8, 4) is 0 Å². The molecule has 2 aromatic carbocycles. The molecule has 0 saturated carbocycles. The molecule has 0 aliphatic rings. The third kappa shape index (κ3) is 3.22. The van der Waals surface area contributed by atoms with Crippen LogP contribution >= 0.6 is 0 Å². The van der Waals surface area contributed by atoms with Crippen molar-refractivity contribution in [1.29, 1.82) is 0 Å². The number of carbonyl (C=O) groups is 1. The second-order valence-electron chi connectivity index (χ2n) is 5.23. The Morgan fingerprint density at radius 1 is 1.04 bits per heavy atom. The fourth-order valence-electron chi connectivity index (χ4n) is 2.19. The summed E-state index contributed by atoms with van der Waals surface area (Å²) in [5.74, 6) is -0.581. The summed E-state index contributed by atoms with van der Waals surface area (Å²) < 4.78 is 31.5. The van der Waals surface area contributed by atoms with Gasteiger partial charge < -0.3 is 4.74 Å². The van der Waals surface area contributed by atoms with Crippen LogP contribution in [0.4, 0.5) is 5.69 Å². The first-order valence-electron chi connectivity index (χ1n) is 7.02. The number of hydrogen-bond acceptors (Lipinski definition) is 4. The molecule has 0 fully saturated rings. The fraction of sp³-hybridized carbons (Fsp3) is 0.235. The molecule has 0 radical (unpaired) electrons. The third-order valence-electron chi connectivity index (χ3n) is 3.79. The summed E-state index contributed by atoms with van der Waals surface area (Å²) in [5, 5.41) is 0. The van der Waals surface area contributed by atoms with E-state index in [1.165, 1.54) is 20.2 Å². The van der Waals surface area contributed by atoms with Crippen LogP contribution in [0.15, 0.2) is 47.4 Å². The van der Waals surface area contributed by atoms with Crippen LogP contribution in [-0.4, -0.2) is 28.5 Å². The average molecular weight is 333 g/mol. The van der Waals surface area contributed by atoms with Crippen LogP contribution in [0.25, 0.3) is 0 Å². The predicted octanol–water partition coefficient (Wildman–Crippen LogP) is 2.92. The van der Waals surface area contributed by atoms with E-state index in [4.69, 9.17) is 4.74 Å². The topological polar surface area (TPSA) is 63.7 Å². The summed E-state index contributed by atoms with van der Waals surface area (Å²) in [6.07, 6.45) is 0. The quantitative estimate of drug-likeness (QED) is 0.807. The van der Waals surface area contributed by atoms with E-state index in [-0.39, 0.29) is 16.1 Å². The standard InChI is InChI=1S/C17H19NO4S/c1-12-9-10-14(11-13(12)2)23(20,21)18(3)16-8-6-5-7-15(16)17(19)22-4/h5-11H,1-4H3. The van der Waals surface area contributed by atoms with Gasteiger partial charge in [0, 0.05) is 7.05 Å². The van der Waals surface area contributed by atoms with Crippen LogP contribution < -0.4 is 4.31 Å². The number of nitrogens with zero attached hydrogens (tertiary/aromatic N) is 1. The van der Waals surface area contributed by atoms with Gasteiger partial charge in [-0.15, -0.1) is 0 Å².